The molecule has 2 aromatic heterocycles. The number of aromatic nitrogens is 4. The zero-order chi connectivity index (χ0) is 38.0. The summed E-state index contributed by atoms with van der Waals surface area (Å²) >= 11 is 6.82. The summed E-state index contributed by atoms with van der Waals surface area (Å²) in [6.07, 6.45) is -3.26. The van der Waals surface area contributed by atoms with Gasteiger partial charge in [-0.3, -0.25) is 14.4 Å². The molecule has 282 valence electrons. The first-order valence-corrected chi connectivity index (χ1v) is 17.9. The molecule has 0 unspecified atom stereocenters. The number of carbonyl (C=O) groups is 1. The summed E-state index contributed by atoms with van der Waals surface area (Å²) in [7, 11) is 3.24. The lowest BCUT2D eigenvalue weighted by atomic mass is 9.90. The number of halogens is 5. The predicted molar refractivity (Wildman–Crippen MR) is 190 cm³/mol. The number of amides is 1. The number of fused-ring (bicyclic) bond motifs is 3. The van der Waals surface area contributed by atoms with Crippen LogP contribution in [0.2, 0.25) is 5.02 Å². The molecular formula is C37H41ClF4N8O3. The highest BCUT2D eigenvalue weighted by molar-refractivity contribution is 6.34. The van der Waals surface area contributed by atoms with Crippen molar-refractivity contribution in [3.05, 3.63) is 68.4 Å². The number of carbonyl (C=O) groups excluding carboxylic acids is 1. The van der Waals surface area contributed by atoms with Crippen molar-refractivity contribution in [3.63, 3.8) is 0 Å². The number of benzene rings is 1. The molecule has 1 amide bonds. The van der Waals surface area contributed by atoms with Gasteiger partial charge in [0.25, 0.3) is 5.91 Å². The standard InChI is InChI=1S/C37H41ClF4N8O3/c1-6-8-22-13-24(43)31(39)28(29(22)37(40,41)42)27-14-25-23(18-52-27)33(45-35(44-25)53-19-36-10-7-11-48(36)16-20(2)15-36)49-17-26-30(38)32(34(51)47(4)5)46-50(26)12-9-21(49)3/h13,21,27H,2,7,9-12,14-19,43H2,1,3-5H3/t21-,27-,36-/m0/s1. The molecule has 0 saturated carbocycles. The van der Waals surface area contributed by atoms with Gasteiger partial charge in [0.15, 0.2) is 11.5 Å². The Bertz CT molecular complexity index is 2060. The van der Waals surface area contributed by atoms with Crippen molar-refractivity contribution < 1.29 is 31.8 Å². The Morgan fingerprint density at radius 3 is 2.75 bits per heavy atom. The van der Waals surface area contributed by atoms with Crippen LogP contribution in [0.3, 0.4) is 0 Å². The van der Waals surface area contributed by atoms with Gasteiger partial charge < -0.3 is 25.0 Å². The molecule has 6 heterocycles. The second-order valence-electron chi connectivity index (χ2n) is 14.5. The number of nitrogen functional groups attached to an aromatic ring is 1. The van der Waals surface area contributed by atoms with E-state index in [-0.39, 0.29) is 60.4 Å². The maximum Gasteiger partial charge on any atom is 0.418 e. The summed E-state index contributed by atoms with van der Waals surface area (Å²) in [5.74, 6) is 3.80. The molecule has 11 nitrogen and oxygen atoms in total. The van der Waals surface area contributed by atoms with Crippen molar-refractivity contribution in [2.45, 2.75) is 89.5 Å². The van der Waals surface area contributed by atoms with E-state index < -0.39 is 40.5 Å². The second kappa shape index (κ2) is 13.8. The Balaban J connectivity index is 1.32. The van der Waals surface area contributed by atoms with Crippen LogP contribution >= 0.6 is 11.6 Å². The SMILES string of the molecule is C=C1CN2CCC[C@@]2(COc2nc3c(c(N4Cc5c(Cl)c(C(=O)N(C)C)nn5CC[C@@H]4C)n2)CO[C@H](c2c(F)c(N)cc(C#CC)c2C(F)(F)F)C3)C1. The van der Waals surface area contributed by atoms with Crippen LogP contribution in [0, 0.1) is 17.7 Å². The van der Waals surface area contributed by atoms with Gasteiger partial charge in [0.1, 0.15) is 12.4 Å². The van der Waals surface area contributed by atoms with Crippen LogP contribution in [0.5, 0.6) is 6.01 Å². The van der Waals surface area contributed by atoms with Crippen molar-refractivity contribution in [2.75, 3.05) is 44.4 Å². The third-order valence-electron chi connectivity index (χ3n) is 10.7. The zero-order valence-electron chi connectivity index (χ0n) is 30.0. The normalized spacial score (nSPS) is 22.8. The first-order chi connectivity index (χ1) is 25.1. The average molecular weight is 757 g/mol. The monoisotopic (exact) mass is 756 g/mol. The summed E-state index contributed by atoms with van der Waals surface area (Å²) in [5.41, 5.74) is 5.55. The Morgan fingerprint density at radius 1 is 1.26 bits per heavy atom. The van der Waals surface area contributed by atoms with Crippen LogP contribution in [0.25, 0.3) is 0 Å². The maximum atomic E-state index is 15.8. The molecule has 0 bridgehead atoms. The fraction of sp³-hybridized carbons (Fsp3) is 0.514. The number of alkyl halides is 3. The van der Waals surface area contributed by atoms with Gasteiger partial charge in [-0.15, -0.1) is 5.92 Å². The third-order valence-corrected chi connectivity index (χ3v) is 11.1. The fourth-order valence-electron chi connectivity index (χ4n) is 8.13. The molecule has 53 heavy (non-hydrogen) atoms. The van der Waals surface area contributed by atoms with Crippen LogP contribution in [-0.2, 0) is 37.0 Å². The van der Waals surface area contributed by atoms with E-state index in [0.29, 0.717) is 35.7 Å². The first-order valence-electron chi connectivity index (χ1n) is 17.5. The van der Waals surface area contributed by atoms with Crippen LogP contribution in [0.15, 0.2) is 18.2 Å². The average Bonchev–Trinajstić information content (AvgIpc) is 3.69. The minimum atomic E-state index is -4.95. The maximum absolute atomic E-state index is 15.8. The topological polar surface area (TPSA) is 115 Å². The van der Waals surface area contributed by atoms with Gasteiger partial charge in [-0.2, -0.15) is 28.2 Å². The van der Waals surface area contributed by atoms with E-state index in [0.717, 1.165) is 44.0 Å². The first kappa shape index (κ1) is 36.9. The summed E-state index contributed by atoms with van der Waals surface area (Å²) < 4.78 is 74.0. The second-order valence-corrected chi connectivity index (χ2v) is 14.9. The number of hydrogen-bond donors (Lipinski definition) is 1. The molecule has 7 rings (SSSR count). The van der Waals surface area contributed by atoms with E-state index in [9.17, 15) is 18.0 Å². The van der Waals surface area contributed by atoms with Crippen molar-refractivity contribution in [3.8, 4) is 17.9 Å². The van der Waals surface area contributed by atoms with Crippen molar-refractivity contribution >= 4 is 29.0 Å². The van der Waals surface area contributed by atoms with Crippen LogP contribution in [-0.4, -0.2) is 80.8 Å². The van der Waals surface area contributed by atoms with Gasteiger partial charge in [0, 0.05) is 56.3 Å². The van der Waals surface area contributed by atoms with Crippen molar-refractivity contribution in [2.24, 2.45) is 0 Å². The van der Waals surface area contributed by atoms with E-state index in [2.05, 4.69) is 28.4 Å². The number of ether oxygens (including phenoxy) is 2. The van der Waals surface area contributed by atoms with Gasteiger partial charge in [-0.25, -0.2) is 4.39 Å². The number of anilines is 2. The van der Waals surface area contributed by atoms with Gasteiger partial charge in [0.2, 0.25) is 0 Å². The number of rotatable bonds is 6. The highest BCUT2D eigenvalue weighted by atomic mass is 35.5. The lowest BCUT2D eigenvalue weighted by molar-refractivity contribution is -0.140. The van der Waals surface area contributed by atoms with Gasteiger partial charge in [-0.1, -0.05) is 29.7 Å². The molecule has 0 radical (unpaired) electrons. The zero-order valence-corrected chi connectivity index (χ0v) is 30.8. The van der Waals surface area contributed by atoms with E-state index >= 15 is 4.39 Å². The fourth-order valence-corrected chi connectivity index (χ4v) is 8.41. The van der Waals surface area contributed by atoms with Crippen molar-refractivity contribution in [1.82, 2.24) is 29.5 Å². The molecule has 4 aliphatic heterocycles. The number of nitrogens with two attached hydrogens (primary N) is 1. The Labute approximate surface area is 310 Å². The van der Waals surface area contributed by atoms with Crippen LogP contribution in [0.1, 0.15) is 89.8 Å². The Morgan fingerprint density at radius 2 is 2.04 bits per heavy atom. The van der Waals surface area contributed by atoms with E-state index in [1.165, 1.54) is 11.8 Å². The quantitative estimate of drug-likeness (QED) is 0.142. The summed E-state index contributed by atoms with van der Waals surface area (Å²) in [4.78, 5) is 28.4. The molecule has 2 N–H and O–H groups in total. The Hall–Kier alpha value is -4.39. The number of nitrogens with zero attached hydrogens (tertiary/aromatic N) is 7. The molecule has 2 saturated heterocycles. The van der Waals surface area contributed by atoms with Gasteiger partial charge in [-0.05, 0) is 52.1 Å². The number of hydrogen-bond acceptors (Lipinski definition) is 9. The molecule has 3 atom stereocenters. The van der Waals surface area contributed by atoms with Crippen LogP contribution in [0.4, 0.5) is 29.1 Å². The highest BCUT2D eigenvalue weighted by Crippen LogP contribution is 2.46. The molecular weight excluding hydrogens is 716 g/mol. The van der Waals surface area contributed by atoms with Crippen molar-refractivity contribution in [1.29, 1.82) is 0 Å². The van der Waals surface area contributed by atoms with E-state index in [4.69, 9.17) is 36.8 Å². The van der Waals surface area contributed by atoms with E-state index in [1.807, 2.05) is 11.8 Å². The largest absolute Gasteiger partial charge is 0.461 e. The molecule has 3 aromatic rings. The molecule has 1 aromatic carbocycles. The molecule has 0 aliphatic carbocycles. The van der Waals surface area contributed by atoms with E-state index in [1.54, 1.807) is 18.8 Å². The summed E-state index contributed by atoms with van der Waals surface area (Å²) in [6.45, 7) is 10.1. The highest BCUT2D eigenvalue weighted by Gasteiger charge is 2.47. The smallest absolute Gasteiger partial charge is 0.418 e. The Kier molecular flexibility index (Phi) is 9.61. The minimum Gasteiger partial charge on any atom is -0.461 e. The summed E-state index contributed by atoms with van der Waals surface area (Å²) in [6, 6.07) is 0.809. The molecule has 2 fully saturated rings. The van der Waals surface area contributed by atoms with Gasteiger partial charge >= 0.3 is 12.2 Å². The lowest BCUT2D eigenvalue weighted by Crippen LogP contribution is -2.43. The minimum absolute atomic E-state index is 0.0410. The van der Waals surface area contributed by atoms with Crippen LogP contribution < -0.4 is 15.4 Å². The predicted octanol–water partition coefficient (Wildman–Crippen LogP) is 5.93. The molecule has 0 spiro atoms. The number of aryl methyl sites for hydroxylation is 1. The van der Waals surface area contributed by atoms with Gasteiger partial charge in [0.05, 0.1) is 52.5 Å². The summed E-state index contributed by atoms with van der Waals surface area (Å²) in [5, 5.41) is 4.77. The third kappa shape index (κ3) is 6.59. The molecule has 4 aliphatic rings. The lowest BCUT2D eigenvalue weighted by Gasteiger charge is -2.35. The molecule has 16 heteroatoms.